The van der Waals surface area contributed by atoms with Gasteiger partial charge >= 0.3 is 0 Å². The number of aliphatic imine (C=N–C) groups is 1. The summed E-state index contributed by atoms with van der Waals surface area (Å²) in [7, 11) is 1.78. The van der Waals surface area contributed by atoms with Crippen LogP contribution in [-0.4, -0.2) is 39.3 Å². The van der Waals surface area contributed by atoms with E-state index in [0.29, 0.717) is 5.41 Å². The first kappa shape index (κ1) is 18.8. The van der Waals surface area contributed by atoms with E-state index in [2.05, 4.69) is 29.7 Å². The molecule has 5 nitrogen and oxygen atoms in total. The first-order valence-corrected chi connectivity index (χ1v) is 9.73. The summed E-state index contributed by atoms with van der Waals surface area (Å²) < 4.78 is 11.2. The average molecular weight is 357 g/mol. The van der Waals surface area contributed by atoms with E-state index in [1.165, 1.54) is 19.3 Å². The van der Waals surface area contributed by atoms with Crippen LogP contribution >= 0.6 is 0 Å². The number of nitrogens with one attached hydrogen (secondary N) is 2. The first-order valence-electron chi connectivity index (χ1n) is 9.73. The molecule has 0 aliphatic heterocycles. The molecule has 5 heteroatoms. The molecule has 0 unspecified atom stereocenters. The number of para-hydroxylation sites is 1. The van der Waals surface area contributed by atoms with Gasteiger partial charge in [0, 0.05) is 45.2 Å². The molecule has 0 radical (unpaired) electrons. The van der Waals surface area contributed by atoms with Gasteiger partial charge in [0.05, 0.1) is 0 Å². The van der Waals surface area contributed by atoms with Crippen LogP contribution < -0.4 is 10.6 Å². The molecule has 1 heterocycles. The fourth-order valence-electron chi connectivity index (χ4n) is 3.54. The molecule has 2 aromatic rings. The van der Waals surface area contributed by atoms with Crippen LogP contribution in [0.25, 0.3) is 11.0 Å². The molecule has 0 amide bonds. The van der Waals surface area contributed by atoms with Crippen molar-refractivity contribution >= 4 is 16.9 Å². The maximum Gasteiger partial charge on any atom is 0.191 e. The fraction of sp³-hybridized carbons (Fsp3) is 0.571. The summed E-state index contributed by atoms with van der Waals surface area (Å²) in [6.07, 6.45) is 5.78. The van der Waals surface area contributed by atoms with Gasteiger partial charge in [-0.2, -0.15) is 0 Å². The lowest BCUT2D eigenvalue weighted by Crippen LogP contribution is -2.41. The number of furan rings is 1. The molecule has 1 fully saturated rings. The Morgan fingerprint density at radius 2 is 2.12 bits per heavy atom. The minimum atomic E-state index is 0.344. The second kappa shape index (κ2) is 9.08. The lowest BCUT2D eigenvalue weighted by Gasteiger charge is -2.40. The van der Waals surface area contributed by atoms with Crippen molar-refractivity contribution in [2.75, 3.05) is 33.4 Å². The minimum Gasteiger partial charge on any atom is -0.461 e. The summed E-state index contributed by atoms with van der Waals surface area (Å²) in [5.41, 5.74) is 1.30. The SMILES string of the molecule is CCNC(=NCC1(CCOC)CCC1)NCCc1cc2ccccc2o1. The van der Waals surface area contributed by atoms with Crippen molar-refractivity contribution in [3.63, 3.8) is 0 Å². The number of methoxy groups -OCH3 is 1. The van der Waals surface area contributed by atoms with E-state index < -0.39 is 0 Å². The second-order valence-electron chi connectivity index (χ2n) is 7.22. The summed E-state index contributed by atoms with van der Waals surface area (Å²) >= 11 is 0. The van der Waals surface area contributed by atoms with E-state index in [1.54, 1.807) is 7.11 Å². The molecule has 1 saturated carbocycles. The van der Waals surface area contributed by atoms with E-state index in [4.69, 9.17) is 14.1 Å². The van der Waals surface area contributed by atoms with Crippen LogP contribution in [0, 0.1) is 5.41 Å². The normalized spacial score (nSPS) is 16.5. The zero-order valence-electron chi connectivity index (χ0n) is 16.0. The molecule has 0 bridgehead atoms. The van der Waals surface area contributed by atoms with Crippen molar-refractivity contribution in [3.8, 4) is 0 Å². The Balaban J connectivity index is 1.52. The van der Waals surface area contributed by atoms with Crippen LogP contribution in [-0.2, 0) is 11.2 Å². The molecular formula is C21H31N3O2. The number of hydrogen-bond acceptors (Lipinski definition) is 3. The van der Waals surface area contributed by atoms with Crippen LogP contribution in [0.3, 0.4) is 0 Å². The predicted octanol–water partition coefficient (Wildman–Crippen LogP) is 3.74. The standard InChI is InChI=1S/C21H31N3O2/c1-3-22-20(24-16-21(10-6-11-21)12-14-25-2)23-13-9-18-15-17-7-4-5-8-19(17)26-18/h4-5,7-8,15H,3,6,9-14,16H2,1-2H3,(H2,22,23,24). The Bertz CT molecular complexity index is 686. The summed E-state index contributed by atoms with van der Waals surface area (Å²) in [5, 5.41) is 7.95. The molecule has 3 rings (SSSR count). The number of nitrogens with zero attached hydrogens (tertiary/aromatic N) is 1. The van der Waals surface area contributed by atoms with Crippen LogP contribution in [0.1, 0.15) is 38.4 Å². The van der Waals surface area contributed by atoms with Crippen molar-refractivity contribution in [1.82, 2.24) is 10.6 Å². The number of hydrogen-bond donors (Lipinski definition) is 2. The number of fused-ring (bicyclic) bond motifs is 1. The Morgan fingerprint density at radius 3 is 2.81 bits per heavy atom. The van der Waals surface area contributed by atoms with E-state index >= 15 is 0 Å². The van der Waals surface area contributed by atoms with Crippen LogP contribution in [0.15, 0.2) is 39.7 Å². The van der Waals surface area contributed by atoms with Gasteiger partial charge in [-0.1, -0.05) is 24.6 Å². The van der Waals surface area contributed by atoms with Crippen LogP contribution in [0.5, 0.6) is 0 Å². The van der Waals surface area contributed by atoms with Crippen LogP contribution in [0.4, 0.5) is 0 Å². The van der Waals surface area contributed by atoms with Crippen molar-refractivity contribution < 1.29 is 9.15 Å². The topological polar surface area (TPSA) is 58.8 Å². The van der Waals surface area contributed by atoms with Gasteiger partial charge in [0.1, 0.15) is 11.3 Å². The maximum absolute atomic E-state index is 5.88. The lowest BCUT2D eigenvalue weighted by molar-refractivity contribution is 0.0778. The van der Waals surface area contributed by atoms with Crippen molar-refractivity contribution in [3.05, 3.63) is 36.1 Å². The molecule has 0 spiro atoms. The van der Waals surface area contributed by atoms with Gasteiger partial charge in [-0.05, 0) is 43.7 Å². The highest BCUT2D eigenvalue weighted by Gasteiger charge is 2.36. The second-order valence-corrected chi connectivity index (χ2v) is 7.22. The molecule has 1 aromatic carbocycles. The fourth-order valence-corrected chi connectivity index (χ4v) is 3.54. The third kappa shape index (κ3) is 4.79. The quantitative estimate of drug-likeness (QED) is 0.530. The highest BCUT2D eigenvalue weighted by molar-refractivity contribution is 5.80. The number of benzene rings is 1. The summed E-state index contributed by atoms with van der Waals surface area (Å²) in [4.78, 5) is 4.84. The average Bonchev–Trinajstić information content (AvgIpc) is 3.03. The van der Waals surface area contributed by atoms with Crippen LogP contribution in [0.2, 0.25) is 0 Å². The highest BCUT2D eigenvalue weighted by atomic mass is 16.5. The Morgan fingerprint density at radius 1 is 1.27 bits per heavy atom. The summed E-state index contributed by atoms with van der Waals surface area (Å²) in [6.45, 7) is 5.46. The molecule has 1 aliphatic rings. The zero-order chi connectivity index (χ0) is 18.2. The first-order chi connectivity index (χ1) is 12.7. The van der Waals surface area contributed by atoms with Gasteiger partial charge in [-0.25, -0.2) is 0 Å². The molecule has 1 aromatic heterocycles. The van der Waals surface area contributed by atoms with E-state index in [1.807, 2.05) is 18.2 Å². The number of rotatable bonds is 9. The third-order valence-corrected chi connectivity index (χ3v) is 5.31. The van der Waals surface area contributed by atoms with Gasteiger partial charge < -0.3 is 19.8 Å². The highest BCUT2D eigenvalue weighted by Crippen LogP contribution is 2.44. The van der Waals surface area contributed by atoms with Gasteiger partial charge in [-0.3, -0.25) is 4.99 Å². The third-order valence-electron chi connectivity index (χ3n) is 5.31. The van der Waals surface area contributed by atoms with Gasteiger partial charge in [0.2, 0.25) is 0 Å². The van der Waals surface area contributed by atoms with E-state index in [0.717, 1.165) is 61.8 Å². The van der Waals surface area contributed by atoms with E-state index in [9.17, 15) is 0 Å². The predicted molar refractivity (Wildman–Crippen MR) is 107 cm³/mol. The molecule has 142 valence electrons. The van der Waals surface area contributed by atoms with Gasteiger partial charge in [0.25, 0.3) is 0 Å². The summed E-state index contributed by atoms with van der Waals surface area (Å²) in [5.74, 6) is 1.90. The number of guanidine groups is 1. The van der Waals surface area contributed by atoms with Gasteiger partial charge in [-0.15, -0.1) is 0 Å². The van der Waals surface area contributed by atoms with E-state index in [-0.39, 0.29) is 0 Å². The summed E-state index contributed by atoms with van der Waals surface area (Å²) in [6, 6.07) is 10.3. The van der Waals surface area contributed by atoms with Crippen molar-refractivity contribution in [2.45, 2.75) is 39.0 Å². The smallest absolute Gasteiger partial charge is 0.191 e. The Kier molecular flexibility index (Phi) is 6.56. The minimum absolute atomic E-state index is 0.344. The monoisotopic (exact) mass is 357 g/mol. The lowest BCUT2D eigenvalue weighted by atomic mass is 9.67. The molecule has 0 saturated heterocycles. The largest absolute Gasteiger partial charge is 0.461 e. The Labute approximate surface area is 156 Å². The molecule has 2 N–H and O–H groups in total. The molecule has 26 heavy (non-hydrogen) atoms. The van der Waals surface area contributed by atoms with Crippen molar-refractivity contribution in [2.24, 2.45) is 10.4 Å². The number of ether oxygens (including phenoxy) is 1. The van der Waals surface area contributed by atoms with Gasteiger partial charge in [0.15, 0.2) is 5.96 Å². The molecule has 0 atom stereocenters. The van der Waals surface area contributed by atoms with Crippen molar-refractivity contribution in [1.29, 1.82) is 0 Å². The zero-order valence-corrected chi connectivity index (χ0v) is 16.0. The molecular weight excluding hydrogens is 326 g/mol. The molecule has 1 aliphatic carbocycles. The maximum atomic E-state index is 5.88. The Hall–Kier alpha value is -2.01.